The van der Waals surface area contributed by atoms with Gasteiger partial charge in [0, 0.05) is 16.8 Å². The monoisotopic (exact) mass is 495 g/mol. The van der Waals surface area contributed by atoms with E-state index in [0.717, 1.165) is 41.7 Å². The molecule has 0 bridgehead atoms. The van der Waals surface area contributed by atoms with Crippen LogP contribution in [0.5, 0.6) is 0 Å². The van der Waals surface area contributed by atoms with E-state index in [9.17, 15) is 26.7 Å². The summed E-state index contributed by atoms with van der Waals surface area (Å²) in [6.45, 7) is 0. The van der Waals surface area contributed by atoms with Crippen molar-refractivity contribution in [2.75, 3.05) is 10.6 Å². The molecule has 2 aromatic carbocycles. The zero-order chi connectivity index (χ0) is 23.6. The van der Waals surface area contributed by atoms with Gasteiger partial charge in [0.15, 0.2) is 0 Å². The lowest BCUT2D eigenvalue weighted by Gasteiger charge is -2.17. The van der Waals surface area contributed by atoms with Gasteiger partial charge >= 0.3 is 12.2 Å². The fourth-order valence-electron chi connectivity index (χ4n) is 3.57. The quantitative estimate of drug-likeness (QED) is 0.309. The van der Waals surface area contributed by atoms with Crippen LogP contribution in [0, 0.1) is 0 Å². The molecule has 2 amide bonds. The lowest BCUT2D eigenvalue weighted by atomic mass is 9.99. The van der Waals surface area contributed by atoms with Gasteiger partial charge in [-0.3, -0.25) is 4.55 Å². The Labute approximate surface area is 194 Å². The number of halogens is 3. The van der Waals surface area contributed by atoms with Crippen molar-refractivity contribution in [1.82, 2.24) is 4.72 Å². The second kappa shape index (κ2) is 9.26. The second-order valence-corrected chi connectivity index (χ2v) is 9.34. The van der Waals surface area contributed by atoms with Crippen LogP contribution in [-0.4, -0.2) is 20.3 Å². The maximum absolute atomic E-state index is 13.0. The van der Waals surface area contributed by atoms with Crippen molar-refractivity contribution in [3.8, 4) is 11.1 Å². The summed E-state index contributed by atoms with van der Waals surface area (Å²) in [5.74, 6) is 0. The number of carbonyl (C=O) groups excluding carboxylic acids is 1. The molecule has 4 rings (SSSR count). The van der Waals surface area contributed by atoms with E-state index in [-0.39, 0.29) is 5.69 Å². The molecule has 1 heterocycles. The van der Waals surface area contributed by atoms with Crippen LogP contribution in [0.2, 0.25) is 0 Å². The predicted molar refractivity (Wildman–Crippen MR) is 123 cm³/mol. The summed E-state index contributed by atoms with van der Waals surface area (Å²) in [6, 6.07) is 11.1. The molecule has 6 nitrogen and oxygen atoms in total. The molecule has 1 aliphatic rings. The van der Waals surface area contributed by atoms with Crippen LogP contribution in [0.15, 0.2) is 59.3 Å². The number of hydrogen-bond donors (Lipinski definition) is 4. The topological polar surface area (TPSA) is 90.5 Å². The average molecular weight is 496 g/mol. The molecule has 3 aromatic rings. The molecule has 1 atom stereocenters. The molecular weight excluding hydrogens is 475 g/mol. The third-order valence-electron chi connectivity index (χ3n) is 5.31. The summed E-state index contributed by atoms with van der Waals surface area (Å²) >= 11 is -0.636. The number of hydrogen-bond acceptors (Lipinski definition) is 3. The van der Waals surface area contributed by atoms with Crippen molar-refractivity contribution in [2.24, 2.45) is 0 Å². The molecule has 0 spiro atoms. The zero-order valence-corrected chi connectivity index (χ0v) is 18.7. The van der Waals surface area contributed by atoms with Gasteiger partial charge in [-0.1, -0.05) is 18.2 Å². The van der Waals surface area contributed by atoms with Gasteiger partial charge < -0.3 is 10.6 Å². The van der Waals surface area contributed by atoms with Gasteiger partial charge in [-0.2, -0.15) is 24.5 Å². The minimum atomic E-state index is -4.51. The number of benzene rings is 2. The van der Waals surface area contributed by atoms with Gasteiger partial charge in [0.2, 0.25) is 11.3 Å². The molecule has 33 heavy (non-hydrogen) atoms. The normalized spacial score (nSPS) is 15.6. The van der Waals surface area contributed by atoms with Crippen LogP contribution < -0.4 is 15.4 Å². The van der Waals surface area contributed by atoms with Gasteiger partial charge in [0.1, 0.15) is 0 Å². The van der Waals surface area contributed by atoms with Gasteiger partial charge in [-0.15, -0.1) is 0 Å². The zero-order valence-electron chi connectivity index (χ0n) is 17.1. The number of amides is 2. The van der Waals surface area contributed by atoms with E-state index < -0.39 is 34.6 Å². The third kappa shape index (κ3) is 5.99. The van der Waals surface area contributed by atoms with Crippen molar-refractivity contribution in [3.63, 3.8) is 0 Å². The smallest absolute Gasteiger partial charge is 0.308 e. The molecule has 0 saturated heterocycles. The van der Waals surface area contributed by atoms with Crippen LogP contribution >= 0.6 is 11.3 Å². The van der Waals surface area contributed by atoms with E-state index in [0.29, 0.717) is 12.1 Å². The fraction of sp³-hybridized carbons (Fsp3) is 0.227. The molecule has 0 radical (unpaired) electrons. The van der Waals surface area contributed by atoms with Crippen molar-refractivity contribution in [1.29, 1.82) is 0 Å². The first-order valence-corrected chi connectivity index (χ1v) is 12.0. The Morgan fingerprint density at radius 1 is 1.12 bits per heavy atom. The Morgan fingerprint density at radius 2 is 1.91 bits per heavy atom. The molecule has 1 saturated carbocycles. The van der Waals surface area contributed by atoms with Gasteiger partial charge in [0.05, 0.1) is 11.3 Å². The molecule has 174 valence electrons. The van der Waals surface area contributed by atoms with Gasteiger partial charge in [0.25, 0.3) is 0 Å². The summed E-state index contributed by atoms with van der Waals surface area (Å²) in [7, 11) is 0. The SMILES string of the molecule is O=C(Nc1cccc(C(F)(F)F)c1)Nc1cc(CC2(NS(=O)O)CC2)ccc1-c1ccsc1. The first-order valence-electron chi connectivity index (χ1n) is 9.93. The lowest BCUT2D eigenvalue weighted by Crippen LogP contribution is -2.34. The maximum Gasteiger partial charge on any atom is 0.416 e. The first kappa shape index (κ1) is 23.4. The van der Waals surface area contributed by atoms with Crippen molar-refractivity contribution in [2.45, 2.75) is 31.0 Å². The van der Waals surface area contributed by atoms with Crippen molar-refractivity contribution in [3.05, 3.63) is 70.4 Å². The number of thiophene rings is 1. The summed E-state index contributed by atoms with van der Waals surface area (Å²) in [5, 5.41) is 9.00. The Balaban J connectivity index is 1.56. The Bertz CT molecular complexity index is 1180. The Hall–Kier alpha value is -2.73. The van der Waals surface area contributed by atoms with E-state index >= 15 is 0 Å². The fourth-order valence-corrected chi connectivity index (χ4v) is 4.88. The summed E-state index contributed by atoms with van der Waals surface area (Å²) in [4.78, 5) is 12.6. The number of carbonyl (C=O) groups is 1. The molecule has 1 aromatic heterocycles. The Morgan fingerprint density at radius 3 is 2.55 bits per heavy atom. The van der Waals surface area contributed by atoms with E-state index in [1.165, 1.54) is 23.5 Å². The van der Waals surface area contributed by atoms with Gasteiger partial charge in [-0.05, 0) is 71.5 Å². The van der Waals surface area contributed by atoms with E-state index in [4.69, 9.17) is 0 Å². The van der Waals surface area contributed by atoms with Crippen molar-refractivity contribution >= 4 is 40.0 Å². The third-order valence-corrected chi connectivity index (χ3v) is 6.60. The van der Waals surface area contributed by atoms with Crippen LogP contribution in [0.4, 0.5) is 29.3 Å². The minimum absolute atomic E-state index is 0.0159. The number of rotatable bonds is 7. The highest BCUT2D eigenvalue weighted by molar-refractivity contribution is 7.77. The van der Waals surface area contributed by atoms with Crippen LogP contribution in [0.25, 0.3) is 11.1 Å². The largest absolute Gasteiger partial charge is 0.416 e. The maximum atomic E-state index is 13.0. The number of urea groups is 1. The summed E-state index contributed by atoms with van der Waals surface area (Å²) in [5.41, 5.74) is 1.67. The number of anilines is 2. The van der Waals surface area contributed by atoms with Crippen molar-refractivity contribution < 1.29 is 26.7 Å². The average Bonchev–Trinajstić information content (AvgIpc) is 3.24. The standard InChI is InChI=1S/C22H20F3N3O3S2/c23-22(24,25)16-2-1-3-17(11-16)26-20(29)27-19-10-14(12-21(7-8-21)28-33(30)31)4-5-18(19)15-6-9-32-13-15/h1-6,9-11,13,28H,7-8,12H2,(H,30,31)(H2,26,27,29). The highest BCUT2D eigenvalue weighted by Crippen LogP contribution is 2.40. The predicted octanol–water partition coefficient (Wildman–Crippen LogP) is 5.88. The summed E-state index contributed by atoms with van der Waals surface area (Å²) in [6.07, 6.45) is -2.51. The summed E-state index contributed by atoms with van der Waals surface area (Å²) < 4.78 is 61.9. The lowest BCUT2D eigenvalue weighted by molar-refractivity contribution is -0.137. The number of nitrogens with one attached hydrogen (secondary N) is 3. The van der Waals surface area contributed by atoms with E-state index in [2.05, 4.69) is 15.4 Å². The first-order chi connectivity index (χ1) is 15.6. The highest BCUT2D eigenvalue weighted by Gasteiger charge is 2.44. The molecule has 11 heteroatoms. The molecule has 1 aliphatic carbocycles. The van der Waals surface area contributed by atoms with Crippen LogP contribution in [0.3, 0.4) is 0 Å². The van der Waals surface area contributed by atoms with E-state index in [1.807, 2.05) is 29.0 Å². The molecule has 4 N–H and O–H groups in total. The molecule has 0 aliphatic heterocycles. The molecular formula is C22H20F3N3O3S2. The Kier molecular flexibility index (Phi) is 6.57. The molecule has 1 unspecified atom stereocenters. The minimum Gasteiger partial charge on any atom is -0.308 e. The number of alkyl halides is 3. The van der Waals surface area contributed by atoms with E-state index in [1.54, 1.807) is 6.07 Å². The van der Waals surface area contributed by atoms with Gasteiger partial charge in [-0.25, -0.2) is 13.7 Å². The van der Waals surface area contributed by atoms with Crippen LogP contribution in [0.1, 0.15) is 24.0 Å². The molecule has 1 fully saturated rings. The second-order valence-electron chi connectivity index (χ2n) is 7.86. The highest BCUT2D eigenvalue weighted by atomic mass is 32.2. The van der Waals surface area contributed by atoms with Crippen LogP contribution in [-0.2, 0) is 23.9 Å².